The van der Waals surface area contributed by atoms with Gasteiger partial charge in [0.05, 0.1) is 0 Å². The van der Waals surface area contributed by atoms with Crippen LogP contribution in [0.1, 0.15) is 19.8 Å². The predicted octanol–water partition coefficient (Wildman–Crippen LogP) is 1.87. The van der Waals surface area contributed by atoms with Gasteiger partial charge in [-0.3, -0.25) is 0 Å². The highest BCUT2D eigenvalue weighted by atomic mass is 32.2. The van der Waals surface area contributed by atoms with Crippen LogP contribution in [0, 0.1) is 5.41 Å². The van der Waals surface area contributed by atoms with Crippen molar-refractivity contribution >= 4 is 16.4 Å². The van der Waals surface area contributed by atoms with E-state index in [2.05, 4.69) is 12.8 Å². The topological polar surface area (TPSA) is 0 Å². The standard InChI is InChI=1S/C7H12S/c1-7-3-4-8(2)6(7)5-7/h6H,2-5H2,1H3. The first-order valence-electron chi connectivity index (χ1n) is 3.22. The summed E-state index contributed by atoms with van der Waals surface area (Å²) in [6.07, 6.45) is 2.95. The lowest BCUT2D eigenvalue weighted by Gasteiger charge is -1.95. The zero-order valence-electron chi connectivity index (χ0n) is 5.31. The Kier molecular flexibility index (Phi) is 0.760. The van der Waals surface area contributed by atoms with Crippen molar-refractivity contribution in [3.63, 3.8) is 0 Å². The molecular weight excluding hydrogens is 116 g/mol. The molecule has 0 spiro atoms. The molecule has 1 saturated carbocycles. The molecule has 0 amide bonds. The van der Waals surface area contributed by atoms with Gasteiger partial charge in [-0.25, -0.2) is 0 Å². The Morgan fingerprint density at radius 3 is 2.62 bits per heavy atom. The SMILES string of the molecule is C=S1CCC2(C)CC12. The second kappa shape index (κ2) is 1.21. The summed E-state index contributed by atoms with van der Waals surface area (Å²) in [5.41, 5.74) is 0.783. The molecule has 2 fully saturated rings. The third-order valence-electron chi connectivity index (χ3n) is 2.61. The number of fused-ring (bicyclic) bond motifs is 1. The summed E-state index contributed by atoms with van der Waals surface area (Å²) in [5.74, 6) is 5.55. The summed E-state index contributed by atoms with van der Waals surface area (Å²) in [4.78, 5) is 0. The van der Waals surface area contributed by atoms with Gasteiger partial charge < -0.3 is 0 Å². The van der Waals surface area contributed by atoms with Gasteiger partial charge in [0, 0.05) is 5.25 Å². The number of rotatable bonds is 0. The van der Waals surface area contributed by atoms with E-state index in [9.17, 15) is 0 Å². The summed E-state index contributed by atoms with van der Waals surface area (Å²) < 4.78 is 0. The Labute approximate surface area is 53.2 Å². The predicted molar refractivity (Wildman–Crippen MR) is 40.7 cm³/mol. The quantitative estimate of drug-likeness (QED) is 0.437. The monoisotopic (exact) mass is 128 g/mol. The second-order valence-electron chi connectivity index (χ2n) is 3.34. The van der Waals surface area contributed by atoms with Crippen LogP contribution in [-0.4, -0.2) is 16.9 Å². The lowest BCUT2D eigenvalue weighted by Crippen LogP contribution is -1.89. The molecule has 0 radical (unpaired) electrons. The highest BCUT2D eigenvalue weighted by molar-refractivity contribution is 8.15. The summed E-state index contributed by atoms with van der Waals surface area (Å²) in [5, 5.41) is 1.04. The zero-order valence-corrected chi connectivity index (χ0v) is 6.13. The van der Waals surface area contributed by atoms with Gasteiger partial charge in [-0.2, -0.15) is 10.5 Å². The minimum Gasteiger partial charge on any atom is -0.189 e. The molecule has 1 aliphatic heterocycles. The average Bonchev–Trinajstić information content (AvgIpc) is 2.32. The van der Waals surface area contributed by atoms with E-state index in [1.807, 2.05) is 0 Å². The summed E-state index contributed by atoms with van der Waals surface area (Å²) in [6, 6.07) is 0. The van der Waals surface area contributed by atoms with Crippen molar-refractivity contribution < 1.29 is 0 Å². The van der Waals surface area contributed by atoms with Crippen LogP contribution in [0.4, 0.5) is 0 Å². The molecule has 3 unspecified atom stereocenters. The fraction of sp³-hybridized carbons (Fsp3) is 0.857. The lowest BCUT2D eigenvalue weighted by atomic mass is 10.1. The molecule has 0 N–H and O–H groups in total. The molecule has 2 aliphatic rings. The maximum Gasteiger partial charge on any atom is 0.00521 e. The van der Waals surface area contributed by atoms with E-state index in [0.29, 0.717) is 10.5 Å². The molecule has 0 aromatic rings. The van der Waals surface area contributed by atoms with E-state index in [1.165, 1.54) is 18.6 Å². The van der Waals surface area contributed by atoms with Gasteiger partial charge in [0.2, 0.25) is 0 Å². The van der Waals surface area contributed by atoms with E-state index in [4.69, 9.17) is 0 Å². The Bertz CT molecular complexity index is 150. The first-order chi connectivity index (χ1) is 3.72. The van der Waals surface area contributed by atoms with Crippen LogP contribution in [-0.2, 0) is 0 Å². The van der Waals surface area contributed by atoms with Crippen molar-refractivity contribution in [1.29, 1.82) is 0 Å². The third kappa shape index (κ3) is 0.459. The van der Waals surface area contributed by atoms with E-state index in [0.717, 1.165) is 10.7 Å². The summed E-state index contributed by atoms with van der Waals surface area (Å²) in [6.45, 7) is 2.41. The normalized spacial score (nSPS) is 60.6. The summed E-state index contributed by atoms with van der Waals surface area (Å²) >= 11 is 0. The first kappa shape index (κ1) is 5.04. The van der Waals surface area contributed by atoms with E-state index in [-0.39, 0.29) is 0 Å². The van der Waals surface area contributed by atoms with Crippen LogP contribution in [0.3, 0.4) is 0 Å². The van der Waals surface area contributed by atoms with E-state index < -0.39 is 0 Å². The second-order valence-corrected chi connectivity index (χ2v) is 5.39. The highest BCUT2D eigenvalue weighted by Crippen LogP contribution is 2.64. The average molecular weight is 128 g/mol. The first-order valence-corrected chi connectivity index (χ1v) is 4.84. The van der Waals surface area contributed by atoms with Crippen molar-refractivity contribution in [2.75, 3.05) is 5.75 Å². The van der Waals surface area contributed by atoms with E-state index >= 15 is 0 Å². The van der Waals surface area contributed by atoms with Crippen LogP contribution in [0.5, 0.6) is 0 Å². The number of hydrogen-bond acceptors (Lipinski definition) is 0. The molecule has 1 aliphatic carbocycles. The molecule has 0 bridgehead atoms. The third-order valence-corrected chi connectivity index (χ3v) is 4.88. The fourth-order valence-corrected chi connectivity index (χ4v) is 4.21. The molecule has 1 saturated heterocycles. The van der Waals surface area contributed by atoms with Crippen molar-refractivity contribution in [2.24, 2.45) is 5.41 Å². The Balaban J connectivity index is 2.26. The molecule has 0 nitrogen and oxygen atoms in total. The molecule has 0 aromatic carbocycles. The highest BCUT2D eigenvalue weighted by Gasteiger charge is 2.54. The van der Waals surface area contributed by atoms with Gasteiger partial charge >= 0.3 is 0 Å². The Morgan fingerprint density at radius 1 is 1.75 bits per heavy atom. The molecule has 3 atom stereocenters. The molecule has 2 rings (SSSR count). The van der Waals surface area contributed by atoms with Gasteiger partial charge in [-0.15, -0.1) is 0 Å². The van der Waals surface area contributed by atoms with Gasteiger partial charge in [0.25, 0.3) is 0 Å². The van der Waals surface area contributed by atoms with Crippen molar-refractivity contribution in [3.8, 4) is 0 Å². The molecule has 46 valence electrons. The smallest absolute Gasteiger partial charge is 0.00521 e. The maximum atomic E-state index is 4.13. The van der Waals surface area contributed by atoms with Crippen LogP contribution in [0.15, 0.2) is 0 Å². The van der Waals surface area contributed by atoms with Crippen LogP contribution in [0.2, 0.25) is 0 Å². The number of hydrogen-bond donors (Lipinski definition) is 0. The minimum absolute atomic E-state index is 0.567. The zero-order chi connectivity index (χ0) is 5.78. The molecule has 8 heavy (non-hydrogen) atoms. The molecule has 0 aromatic heterocycles. The van der Waals surface area contributed by atoms with Crippen LogP contribution >= 0.6 is 10.5 Å². The van der Waals surface area contributed by atoms with Crippen LogP contribution in [0.25, 0.3) is 0 Å². The van der Waals surface area contributed by atoms with Crippen molar-refractivity contribution in [1.82, 2.24) is 0 Å². The fourth-order valence-electron chi connectivity index (χ4n) is 1.65. The Hall–Kier alpha value is 0.220. The molecule has 1 heterocycles. The maximum absolute atomic E-state index is 4.13. The largest absolute Gasteiger partial charge is 0.189 e. The summed E-state index contributed by atoms with van der Waals surface area (Å²) in [7, 11) is 0.567. The molecule has 1 heteroatoms. The van der Waals surface area contributed by atoms with Crippen molar-refractivity contribution in [3.05, 3.63) is 0 Å². The Morgan fingerprint density at radius 2 is 2.50 bits per heavy atom. The van der Waals surface area contributed by atoms with Crippen LogP contribution < -0.4 is 0 Å². The van der Waals surface area contributed by atoms with Gasteiger partial charge in [-0.1, -0.05) is 12.8 Å². The van der Waals surface area contributed by atoms with Crippen molar-refractivity contribution in [2.45, 2.75) is 25.0 Å². The van der Waals surface area contributed by atoms with Gasteiger partial charge in [-0.05, 0) is 24.0 Å². The van der Waals surface area contributed by atoms with E-state index in [1.54, 1.807) is 0 Å². The minimum atomic E-state index is 0.567. The van der Waals surface area contributed by atoms with Gasteiger partial charge in [0.1, 0.15) is 0 Å². The molecular formula is C7H12S. The lowest BCUT2D eigenvalue weighted by molar-refractivity contribution is 0.575. The van der Waals surface area contributed by atoms with Gasteiger partial charge in [0.15, 0.2) is 0 Å².